The third-order valence-electron chi connectivity index (χ3n) is 20.2. The van der Waals surface area contributed by atoms with Crippen LogP contribution >= 0.6 is 0 Å². The second-order valence-corrected chi connectivity index (χ2v) is 29.6. The lowest BCUT2D eigenvalue weighted by Gasteiger charge is -2.48. The minimum absolute atomic E-state index is 0.218. The topological polar surface area (TPSA) is 307 Å². The van der Waals surface area contributed by atoms with Crippen LogP contribution in [0.4, 0.5) is 0 Å². The van der Waals surface area contributed by atoms with E-state index in [9.17, 15) is 61.0 Å². The molecule has 3 rings (SSSR count). The van der Waals surface area contributed by atoms with Gasteiger partial charge in [-0.05, 0) is 96.3 Å². The molecule has 0 bridgehead atoms. The molecule has 0 aliphatic carbocycles. The fourth-order valence-corrected chi connectivity index (χ4v) is 13.5. The van der Waals surface area contributed by atoms with Crippen LogP contribution < -0.4 is 5.32 Å². The number of nitrogens with one attached hydrogen (secondary N) is 1. The molecule has 107 heavy (non-hydrogen) atoms. The quantitative estimate of drug-likeness (QED) is 0.0199. The van der Waals surface area contributed by atoms with E-state index < -0.39 is 124 Å². The molecule has 1 amide bonds. The maximum absolute atomic E-state index is 13.5. The molecule has 616 valence electrons. The molecule has 3 aliphatic rings. The fraction of sp³-hybridized carbons (Fsp3) is 0.761. The Morgan fingerprint density at radius 3 is 1.05 bits per heavy atom. The van der Waals surface area contributed by atoms with Crippen LogP contribution in [0.3, 0.4) is 0 Å². The summed E-state index contributed by atoms with van der Waals surface area (Å²) >= 11 is 0. The lowest BCUT2D eigenvalue weighted by molar-refractivity contribution is -0.379. The van der Waals surface area contributed by atoms with E-state index >= 15 is 0 Å². The molecule has 0 radical (unpaired) electrons. The molecule has 17 atom stereocenters. The predicted molar refractivity (Wildman–Crippen MR) is 429 cm³/mol. The summed E-state index contributed by atoms with van der Waals surface area (Å²) in [5, 5.41) is 121. The van der Waals surface area contributed by atoms with Crippen LogP contribution in [-0.2, 0) is 33.2 Å². The third kappa shape index (κ3) is 46.1. The predicted octanol–water partition coefficient (Wildman–Crippen LogP) is 15.1. The number of aliphatic hydroxyl groups excluding tert-OH is 11. The highest BCUT2D eigenvalue weighted by molar-refractivity contribution is 5.76. The minimum Gasteiger partial charge on any atom is -0.394 e. The van der Waals surface area contributed by atoms with E-state index in [0.29, 0.717) is 12.8 Å². The van der Waals surface area contributed by atoms with Gasteiger partial charge in [-0.2, -0.15) is 0 Å². The molecule has 0 spiro atoms. The molecule has 0 saturated carbocycles. The average Bonchev–Trinajstić information content (AvgIpc) is 0.782. The summed E-state index contributed by atoms with van der Waals surface area (Å²) < 4.78 is 34.5. The highest BCUT2D eigenvalue weighted by Gasteiger charge is 2.54. The van der Waals surface area contributed by atoms with Crippen molar-refractivity contribution in [1.82, 2.24) is 5.32 Å². The minimum atomic E-state index is -1.99. The van der Waals surface area contributed by atoms with Gasteiger partial charge >= 0.3 is 0 Å². The van der Waals surface area contributed by atoms with Gasteiger partial charge in [0.15, 0.2) is 18.9 Å². The summed E-state index contributed by atoms with van der Waals surface area (Å²) in [6, 6.07) is -1.01. The van der Waals surface area contributed by atoms with Gasteiger partial charge in [0.25, 0.3) is 0 Å². The van der Waals surface area contributed by atoms with Crippen molar-refractivity contribution >= 4 is 5.91 Å². The van der Waals surface area contributed by atoms with E-state index in [2.05, 4.69) is 129 Å². The number of amides is 1. The molecule has 19 nitrogen and oxygen atoms in total. The summed E-state index contributed by atoms with van der Waals surface area (Å²) in [4.78, 5) is 13.5. The van der Waals surface area contributed by atoms with Gasteiger partial charge in [-0.25, -0.2) is 0 Å². The van der Waals surface area contributed by atoms with Gasteiger partial charge in [-0.1, -0.05) is 315 Å². The van der Waals surface area contributed by atoms with Crippen LogP contribution in [-0.4, -0.2) is 193 Å². The van der Waals surface area contributed by atoms with Crippen LogP contribution in [0.2, 0.25) is 0 Å². The van der Waals surface area contributed by atoms with Crippen LogP contribution in [0.15, 0.2) is 122 Å². The smallest absolute Gasteiger partial charge is 0.220 e. The number of carbonyl (C=O) groups excluding carboxylic acids is 1. The summed E-state index contributed by atoms with van der Waals surface area (Å²) in [6.07, 6.45) is 67.6. The molecule has 3 fully saturated rings. The van der Waals surface area contributed by atoms with Gasteiger partial charge < -0.3 is 89.9 Å². The van der Waals surface area contributed by atoms with Crippen molar-refractivity contribution in [2.45, 2.75) is 401 Å². The van der Waals surface area contributed by atoms with Crippen molar-refractivity contribution in [2.75, 3.05) is 26.4 Å². The van der Waals surface area contributed by atoms with Crippen LogP contribution in [0.5, 0.6) is 0 Å². The Morgan fingerprint density at radius 1 is 0.346 bits per heavy atom. The molecule has 3 aliphatic heterocycles. The molecule has 0 aromatic carbocycles. The largest absolute Gasteiger partial charge is 0.394 e. The molecule has 3 saturated heterocycles. The lowest BCUT2D eigenvalue weighted by Crippen LogP contribution is -2.66. The Labute approximate surface area is 646 Å². The van der Waals surface area contributed by atoms with Crippen molar-refractivity contribution in [1.29, 1.82) is 0 Å². The number of carbonyl (C=O) groups is 1. The second-order valence-electron chi connectivity index (χ2n) is 29.6. The maximum Gasteiger partial charge on any atom is 0.220 e. The van der Waals surface area contributed by atoms with Crippen molar-refractivity contribution < 1.29 is 89.4 Å². The molecule has 12 N–H and O–H groups in total. The number of ether oxygens (including phenoxy) is 6. The van der Waals surface area contributed by atoms with Crippen molar-refractivity contribution in [3.05, 3.63) is 122 Å². The zero-order valence-corrected chi connectivity index (χ0v) is 66.1. The molecular weight excluding hydrogens is 1360 g/mol. The normalized spacial score (nSPS) is 26.2. The molecule has 0 aromatic rings. The van der Waals surface area contributed by atoms with E-state index in [1.807, 2.05) is 6.08 Å². The number of aliphatic hydroxyl groups is 11. The molecule has 3 heterocycles. The summed E-state index contributed by atoms with van der Waals surface area (Å²) in [7, 11) is 0. The second kappa shape index (κ2) is 66.8. The zero-order valence-electron chi connectivity index (χ0n) is 66.1. The zero-order chi connectivity index (χ0) is 77.4. The van der Waals surface area contributed by atoms with E-state index in [1.165, 1.54) is 148 Å². The van der Waals surface area contributed by atoms with Crippen LogP contribution in [0, 0.1) is 0 Å². The monoisotopic (exact) mass is 1510 g/mol. The molecule has 17 unspecified atom stereocenters. The van der Waals surface area contributed by atoms with E-state index in [4.69, 9.17) is 28.4 Å². The summed E-state index contributed by atoms with van der Waals surface area (Å²) in [6.45, 7) is 1.62. The third-order valence-corrected chi connectivity index (χ3v) is 20.2. The number of hydrogen-bond acceptors (Lipinski definition) is 18. The highest BCUT2D eigenvalue weighted by atomic mass is 16.8. The molecule has 0 aromatic heterocycles. The van der Waals surface area contributed by atoms with E-state index in [-0.39, 0.29) is 18.9 Å². The Morgan fingerprint density at radius 2 is 0.654 bits per heavy atom. The van der Waals surface area contributed by atoms with E-state index in [0.717, 1.165) is 116 Å². The summed E-state index contributed by atoms with van der Waals surface area (Å²) in [5.41, 5.74) is 0. The first kappa shape index (κ1) is 97.4. The highest BCUT2D eigenvalue weighted by Crippen LogP contribution is 2.33. The van der Waals surface area contributed by atoms with Gasteiger partial charge in [0.05, 0.1) is 38.6 Å². The van der Waals surface area contributed by atoms with Gasteiger partial charge in [0.2, 0.25) is 5.91 Å². The number of hydrogen-bond donors (Lipinski definition) is 12. The van der Waals surface area contributed by atoms with Crippen LogP contribution in [0.25, 0.3) is 0 Å². The van der Waals surface area contributed by atoms with Crippen molar-refractivity contribution in [3.63, 3.8) is 0 Å². The fourth-order valence-electron chi connectivity index (χ4n) is 13.5. The van der Waals surface area contributed by atoms with Gasteiger partial charge in [0.1, 0.15) is 73.2 Å². The lowest BCUT2D eigenvalue weighted by atomic mass is 9.96. The standard InChI is InChI=1S/C88H151NO18/c1-3-5-7-9-11-13-15-17-19-21-23-25-27-29-31-33-34-35-36-38-40-42-44-46-48-50-52-54-56-58-60-62-64-66-76(94)89-71(72(93)65-63-61-59-57-55-53-51-49-47-45-43-41-39-37-32-30-28-26-24-22-20-18-16-14-12-10-8-6-4-2)70-102-86-82(100)79(97)84(74(68-91)104-86)107-88-83(101)80(98)85(75(69-92)105-88)106-87-81(99)78(96)77(95)73(67-90)103-87/h5,7,11,13,17,19,23,25,29,31,34-35,38,40,44,46,55,57,63,65,71-75,77-88,90-93,95-101H,3-4,6,8-10,12,14-16,18,20-22,24,26-28,30,32-33,36-37,39,41-43,45,47-54,56,58-62,64,66-70H2,1-2H3,(H,89,94)/b7-5-,13-11-,19-17-,25-23-,31-29-,35-34-,40-38-,46-44-,57-55+,65-63+. The van der Waals surface area contributed by atoms with Crippen molar-refractivity contribution in [3.8, 4) is 0 Å². The Kier molecular flexibility index (Phi) is 60.8. The Bertz CT molecular complexity index is 2410. The SMILES string of the molecule is CC/C=C\C/C=C\C/C=C\C/C=C\C/C=C\C/C=C\C/C=C\C/C=C\CCCCCCCCCCC(=O)NC(COC1OC(CO)C(OC2OC(CO)C(OC3OC(CO)C(O)C(O)C3O)C(O)C2O)C(O)C1O)C(O)/C=C/CC/C=C/CCCCCCCCCCCCCCCCCCCCCCCCC. The van der Waals surface area contributed by atoms with E-state index in [1.54, 1.807) is 6.08 Å². The number of allylic oxidation sites excluding steroid dienone is 19. The Balaban J connectivity index is 1.38. The van der Waals surface area contributed by atoms with Gasteiger partial charge in [-0.3, -0.25) is 4.79 Å². The Hall–Kier alpha value is -3.81. The molecule has 19 heteroatoms. The van der Waals surface area contributed by atoms with Gasteiger partial charge in [0, 0.05) is 6.42 Å². The first-order valence-corrected chi connectivity index (χ1v) is 42.3. The average molecular weight is 1510 g/mol. The molecular formula is C88H151NO18. The number of unbranched alkanes of at least 4 members (excludes halogenated alkanes) is 32. The van der Waals surface area contributed by atoms with Gasteiger partial charge in [-0.15, -0.1) is 0 Å². The first-order chi connectivity index (χ1) is 52.3. The maximum atomic E-state index is 13.5. The van der Waals surface area contributed by atoms with Crippen molar-refractivity contribution in [2.24, 2.45) is 0 Å². The summed E-state index contributed by atoms with van der Waals surface area (Å²) in [5.74, 6) is -0.296. The van der Waals surface area contributed by atoms with Crippen LogP contribution in [0.1, 0.15) is 296 Å². The first-order valence-electron chi connectivity index (χ1n) is 42.3. The number of rotatable bonds is 66.